The van der Waals surface area contributed by atoms with E-state index in [-0.39, 0.29) is 22.4 Å². The summed E-state index contributed by atoms with van der Waals surface area (Å²) < 4.78 is 0. The molecule has 0 saturated carbocycles. The third kappa shape index (κ3) is 6.82. The second kappa shape index (κ2) is 14.9. The van der Waals surface area contributed by atoms with Gasteiger partial charge in [-0.05, 0) is 90.3 Å². The first-order chi connectivity index (χ1) is 24.9. The Morgan fingerprint density at radius 3 is 2.27 bits per heavy atom. The second-order valence-corrected chi connectivity index (χ2v) is 15.4. The number of hydrogen-bond acceptors (Lipinski definition) is 6. The summed E-state index contributed by atoms with van der Waals surface area (Å²) in [5.41, 5.74) is 17.4. The first kappa shape index (κ1) is 36.8. The first-order valence-electron chi connectivity index (χ1n) is 18.8. The number of nitrogens with zero attached hydrogens (tertiary/aromatic N) is 3. The van der Waals surface area contributed by atoms with E-state index in [1.165, 1.54) is 28.2 Å². The van der Waals surface area contributed by atoms with Crippen LogP contribution in [0.5, 0.6) is 0 Å². The van der Waals surface area contributed by atoms with E-state index in [1.807, 2.05) is 6.07 Å². The lowest BCUT2D eigenvalue weighted by atomic mass is 9.80. The average molecular weight is 698 g/mol. The van der Waals surface area contributed by atoms with Crippen LogP contribution in [0.4, 0.5) is 11.4 Å². The maximum absolute atomic E-state index is 11.7. The molecule has 0 spiro atoms. The van der Waals surface area contributed by atoms with Crippen LogP contribution in [0.1, 0.15) is 101 Å². The summed E-state index contributed by atoms with van der Waals surface area (Å²) in [6.45, 7) is 15.7. The van der Waals surface area contributed by atoms with Crippen LogP contribution in [0.15, 0.2) is 126 Å². The molecule has 52 heavy (non-hydrogen) atoms. The highest BCUT2D eigenvalue weighted by Crippen LogP contribution is 2.48. The number of hydrazine groups is 1. The second-order valence-electron chi connectivity index (χ2n) is 15.4. The van der Waals surface area contributed by atoms with Gasteiger partial charge >= 0.3 is 5.97 Å². The van der Waals surface area contributed by atoms with Gasteiger partial charge in [-0.2, -0.15) is 0 Å². The largest absolute Gasteiger partial charge is 0.478 e. The molecule has 0 aromatic heterocycles. The third-order valence-corrected chi connectivity index (χ3v) is 11.1. The monoisotopic (exact) mass is 697 g/mol. The van der Waals surface area contributed by atoms with Crippen molar-refractivity contribution in [3.63, 3.8) is 0 Å². The normalized spacial score (nSPS) is 21.0. The van der Waals surface area contributed by atoms with Crippen molar-refractivity contribution < 1.29 is 9.90 Å². The average Bonchev–Trinajstić information content (AvgIpc) is 3.48. The number of nitrogens with two attached hydrogens (primary N) is 2. The summed E-state index contributed by atoms with van der Waals surface area (Å²) in [4.78, 5) is 16.7. The van der Waals surface area contributed by atoms with Gasteiger partial charge in [0.1, 0.15) is 0 Å². The van der Waals surface area contributed by atoms with Crippen LogP contribution in [0.2, 0.25) is 0 Å². The van der Waals surface area contributed by atoms with Gasteiger partial charge in [0.15, 0.2) is 0 Å². The summed E-state index contributed by atoms with van der Waals surface area (Å²) in [6, 6.07) is 24.4. The zero-order chi connectivity index (χ0) is 37.2. The van der Waals surface area contributed by atoms with Gasteiger partial charge < -0.3 is 20.6 Å². The Kier molecular flexibility index (Phi) is 10.5. The van der Waals surface area contributed by atoms with E-state index < -0.39 is 5.97 Å². The van der Waals surface area contributed by atoms with Crippen LogP contribution in [0.25, 0.3) is 5.70 Å². The minimum Gasteiger partial charge on any atom is -0.478 e. The lowest BCUT2D eigenvalue weighted by Gasteiger charge is -2.33. The fourth-order valence-electron chi connectivity index (χ4n) is 8.49. The first-order valence-corrected chi connectivity index (χ1v) is 18.8. The lowest BCUT2D eigenvalue weighted by molar-refractivity contribution is 0.0697. The minimum atomic E-state index is -0.997. The predicted molar refractivity (Wildman–Crippen MR) is 216 cm³/mol. The van der Waals surface area contributed by atoms with Crippen molar-refractivity contribution in [2.45, 2.75) is 90.5 Å². The zero-order valence-corrected chi connectivity index (χ0v) is 31.7. The molecular weight excluding hydrogens is 643 g/mol. The van der Waals surface area contributed by atoms with Gasteiger partial charge in [-0.25, -0.2) is 10.6 Å². The number of allylic oxidation sites excluding steroid dienone is 6. The summed E-state index contributed by atoms with van der Waals surface area (Å²) in [7, 11) is 0. The van der Waals surface area contributed by atoms with Crippen molar-refractivity contribution in [1.29, 1.82) is 0 Å². The highest BCUT2D eigenvalue weighted by Gasteiger charge is 2.43. The zero-order valence-electron chi connectivity index (χ0n) is 31.7. The highest BCUT2D eigenvalue weighted by molar-refractivity contribution is 5.88. The van der Waals surface area contributed by atoms with Crippen LogP contribution in [0, 0.1) is 0 Å². The molecule has 0 amide bonds. The maximum atomic E-state index is 11.7. The van der Waals surface area contributed by atoms with E-state index in [0.29, 0.717) is 11.3 Å². The molecule has 0 radical (unpaired) electrons. The van der Waals surface area contributed by atoms with E-state index in [0.717, 1.165) is 62.0 Å². The number of aromatic carboxylic acids is 1. The lowest BCUT2D eigenvalue weighted by Crippen LogP contribution is -2.40. The van der Waals surface area contributed by atoms with Gasteiger partial charge in [0.25, 0.3) is 0 Å². The molecule has 3 aromatic carbocycles. The number of hydrogen-bond donors (Lipinski definition) is 3. The molecule has 1 atom stereocenters. The predicted octanol–water partition coefficient (Wildman–Crippen LogP) is 9.41. The van der Waals surface area contributed by atoms with E-state index >= 15 is 0 Å². The standard InChI is InChI=1S/C45H55N5O2/c1-7-27-48-38-21-11-9-19-35(38)44(3,4)40(48)25-23-31-15-13-16-32(42(31)50(47)30-37(46)33-17-14-18-34(29-33)43(51)52)24-26-41-45(5,6)36-20-10-12-22-39(36)49(41)28-8-2/h9-12,14,17-26,29-30,40H,7-8,13,15-16,27-28,46-47H2,1-6H3,(H,51,52)/b25-23+,32-24+,37-30-,41-26+. The van der Waals surface area contributed by atoms with Crippen LogP contribution in [-0.4, -0.2) is 35.2 Å². The molecule has 1 aliphatic carbocycles. The molecule has 7 heteroatoms. The molecular formula is C45H55N5O2. The Bertz CT molecular complexity index is 1980. The number of carboxylic acids is 1. The van der Waals surface area contributed by atoms with Crippen LogP contribution in [-0.2, 0) is 10.8 Å². The SMILES string of the molecule is CCCN1/C(=C/C=C2\CCCC(/C=C/C3N(CCC)c4ccccc4C3(C)C)=C2N(N)/C=C(\N)c2cccc(C(=O)O)c2)C(C)(C)c2ccccc21. The molecule has 7 nitrogen and oxygen atoms in total. The van der Waals surface area contributed by atoms with Crippen molar-refractivity contribution >= 4 is 23.0 Å². The molecule has 5 N–H and O–H groups in total. The quantitative estimate of drug-likeness (QED) is 0.136. The topological polar surface area (TPSA) is 99.1 Å². The van der Waals surface area contributed by atoms with Crippen LogP contribution >= 0.6 is 0 Å². The van der Waals surface area contributed by atoms with Gasteiger partial charge in [0.05, 0.1) is 23.0 Å². The highest BCUT2D eigenvalue weighted by atomic mass is 16.4. The van der Waals surface area contributed by atoms with Crippen molar-refractivity contribution in [3.05, 3.63) is 148 Å². The summed E-state index contributed by atoms with van der Waals surface area (Å²) in [5, 5.41) is 11.3. The molecule has 0 saturated heterocycles. The molecule has 6 rings (SSSR count). The van der Waals surface area contributed by atoms with Gasteiger partial charge in [0, 0.05) is 47.2 Å². The van der Waals surface area contributed by atoms with Crippen molar-refractivity contribution in [2.24, 2.45) is 11.6 Å². The minimum absolute atomic E-state index is 0.0750. The number of fused-ring (bicyclic) bond motifs is 2. The molecule has 272 valence electrons. The van der Waals surface area contributed by atoms with E-state index in [4.69, 9.17) is 11.6 Å². The van der Waals surface area contributed by atoms with Gasteiger partial charge in [-0.15, -0.1) is 0 Å². The molecule has 2 aliphatic heterocycles. The fraction of sp³-hybridized carbons (Fsp3) is 0.356. The molecule has 0 bridgehead atoms. The van der Waals surface area contributed by atoms with E-state index in [1.54, 1.807) is 29.4 Å². The van der Waals surface area contributed by atoms with Gasteiger partial charge in [0.2, 0.25) is 0 Å². The van der Waals surface area contributed by atoms with E-state index in [2.05, 4.69) is 124 Å². The van der Waals surface area contributed by atoms with Gasteiger partial charge in [-0.3, -0.25) is 5.01 Å². The number of anilines is 2. The van der Waals surface area contributed by atoms with Gasteiger partial charge in [-0.1, -0.05) is 108 Å². The number of carboxylic acid groups (broad SMARTS) is 1. The van der Waals surface area contributed by atoms with E-state index in [9.17, 15) is 9.90 Å². The molecule has 3 aliphatic rings. The summed E-state index contributed by atoms with van der Waals surface area (Å²) >= 11 is 0. The Morgan fingerprint density at radius 2 is 1.56 bits per heavy atom. The molecule has 0 fully saturated rings. The number of carbonyl (C=O) groups is 1. The number of benzene rings is 3. The summed E-state index contributed by atoms with van der Waals surface area (Å²) in [6.07, 6.45) is 15.8. The van der Waals surface area contributed by atoms with Crippen molar-refractivity contribution in [1.82, 2.24) is 5.01 Å². The Morgan fingerprint density at radius 1 is 0.885 bits per heavy atom. The Balaban J connectivity index is 1.46. The molecule has 3 aromatic rings. The smallest absolute Gasteiger partial charge is 0.335 e. The third-order valence-electron chi connectivity index (χ3n) is 11.1. The van der Waals surface area contributed by atoms with Crippen LogP contribution < -0.4 is 21.4 Å². The molecule has 2 heterocycles. The Hall–Kier alpha value is -5.01. The van der Waals surface area contributed by atoms with Crippen LogP contribution in [0.3, 0.4) is 0 Å². The molecule has 1 unspecified atom stereocenters. The van der Waals surface area contributed by atoms with Crippen molar-refractivity contribution in [2.75, 3.05) is 22.9 Å². The fourth-order valence-corrected chi connectivity index (χ4v) is 8.49. The number of para-hydroxylation sites is 2. The number of rotatable bonds is 11. The maximum Gasteiger partial charge on any atom is 0.335 e. The van der Waals surface area contributed by atoms with Crippen molar-refractivity contribution in [3.8, 4) is 0 Å². The Labute approximate surface area is 310 Å². The summed E-state index contributed by atoms with van der Waals surface area (Å²) in [5.74, 6) is 6.02.